The van der Waals surface area contributed by atoms with Crippen LogP contribution in [0.2, 0.25) is 0 Å². The van der Waals surface area contributed by atoms with Gasteiger partial charge < -0.3 is 10.1 Å². The first-order chi connectivity index (χ1) is 9.06. The first-order valence-corrected chi connectivity index (χ1v) is 7.46. The molecule has 0 saturated heterocycles. The van der Waals surface area contributed by atoms with Gasteiger partial charge in [0.2, 0.25) is 5.91 Å². The van der Waals surface area contributed by atoms with Gasteiger partial charge in [-0.25, -0.2) is 0 Å². The van der Waals surface area contributed by atoms with Crippen LogP contribution < -0.4 is 5.32 Å². The molecule has 4 heteroatoms. The van der Waals surface area contributed by atoms with E-state index in [0.29, 0.717) is 18.7 Å². The Morgan fingerprint density at radius 1 is 1.05 bits per heavy atom. The molecule has 0 spiro atoms. The van der Waals surface area contributed by atoms with E-state index >= 15 is 0 Å². The van der Waals surface area contributed by atoms with Gasteiger partial charge in [0.1, 0.15) is 12.4 Å². The fourth-order valence-electron chi connectivity index (χ4n) is 1.68. The van der Waals surface area contributed by atoms with E-state index in [1.165, 1.54) is 0 Å². The van der Waals surface area contributed by atoms with E-state index in [9.17, 15) is 9.59 Å². The second-order valence-corrected chi connectivity index (χ2v) is 5.12. The Labute approximate surface area is 117 Å². The monoisotopic (exact) mass is 271 g/mol. The van der Waals surface area contributed by atoms with Gasteiger partial charge >= 0.3 is 0 Å². The van der Waals surface area contributed by atoms with E-state index in [4.69, 9.17) is 4.74 Å². The molecule has 0 radical (unpaired) electrons. The molecular weight excluding hydrogens is 242 g/mol. The molecule has 0 aromatic carbocycles. The van der Waals surface area contributed by atoms with Crippen LogP contribution in [0.4, 0.5) is 0 Å². The third-order valence-electron chi connectivity index (χ3n) is 2.90. The van der Waals surface area contributed by atoms with E-state index in [1.807, 2.05) is 20.8 Å². The van der Waals surface area contributed by atoms with E-state index in [2.05, 4.69) is 5.32 Å². The van der Waals surface area contributed by atoms with Crippen molar-refractivity contribution in [1.29, 1.82) is 0 Å². The summed E-state index contributed by atoms with van der Waals surface area (Å²) in [4.78, 5) is 22.4. The lowest BCUT2D eigenvalue weighted by molar-refractivity contribution is -0.127. The van der Waals surface area contributed by atoms with Crippen molar-refractivity contribution in [2.24, 2.45) is 0 Å². The number of ketones is 1. The van der Waals surface area contributed by atoms with Crippen LogP contribution in [0.3, 0.4) is 0 Å². The molecule has 4 nitrogen and oxygen atoms in total. The summed E-state index contributed by atoms with van der Waals surface area (Å²) < 4.78 is 5.20. The second-order valence-electron chi connectivity index (χ2n) is 5.12. The zero-order valence-corrected chi connectivity index (χ0v) is 12.7. The molecule has 0 bridgehead atoms. The standard InChI is InChI=1S/C15H29NO3/c1-4-14(17)10-8-6-5-7-9-11-16-15(18)12-19-13(2)3/h13H,4-12H2,1-3H3,(H,16,18). The predicted octanol–water partition coefficient (Wildman–Crippen LogP) is 2.85. The summed E-state index contributed by atoms with van der Waals surface area (Å²) >= 11 is 0. The predicted molar refractivity (Wildman–Crippen MR) is 77.1 cm³/mol. The lowest BCUT2D eigenvalue weighted by atomic mass is 10.1. The van der Waals surface area contributed by atoms with Crippen molar-refractivity contribution in [2.45, 2.75) is 71.8 Å². The number of carbonyl (C=O) groups excluding carboxylic acids is 2. The molecule has 0 aromatic heterocycles. The Morgan fingerprint density at radius 2 is 1.68 bits per heavy atom. The van der Waals surface area contributed by atoms with Crippen molar-refractivity contribution in [3.8, 4) is 0 Å². The molecule has 0 rings (SSSR count). The van der Waals surface area contributed by atoms with Crippen molar-refractivity contribution in [3.05, 3.63) is 0 Å². The largest absolute Gasteiger partial charge is 0.369 e. The van der Waals surface area contributed by atoms with Crippen LogP contribution >= 0.6 is 0 Å². The summed E-state index contributed by atoms with van der Waals surface area (Å²) in [5.74, 6) is 0.319. The van der Waals surface area contributed by atoms with Crippen molar-refractivity contribution >= 4 is 11.7 Å². The highest BCUT2D eigenvalue weighted by Gasteiger charge is 2.02. The Kier molecular flexibility index (Phi) is 11.6. The smallest absolute Gasteiger partial charge is 0.246 e. The number of hydrogen-bond acceptors (Lipinski definition) is 3. The van der Waals surface area contributed by atoms with Crippen LogP contribution in [-0.4, -0.2) is 30.9 Å². The normalized spacial score (nSPS) is 10.7. The maximum atomic E-state index is 11.3. The van der Waals surface area contributed by atoms with Gasteiger partial charge in [-0.15, -0.1) is 0 Å². The number of amides is 1. The number of rotatable bonds is 12. The van der Waals surface area contributed by atoms with Crippen LogP contribution in [-0.2, 0) is 14.3 Å². The maximum Gasteiger partial charge on any atom is 0.246 e. The topological polar surface area (TPSA) is 55.4 Å². The van der Waals surface area contributed by atoms with Crippen molar-refractivity contribution in [3.63, 3.8) is 0 Å². The minimum atomic E-state index is -0.0396. The molecule has 0 fully saturated rings. The van der Waals surface area contributed by atoms with Crippen LogP contribution in [0.1, 0.15) is 65.7 Å². The average Bonchev–Trinajstić information content (AvgIpc) is 2.38. The Morgan fingerprint density at radius 3 is 2.32 bits per heavy atom. The quantitative estimate of drug-likeness (QED) is 0.555. The van der Waals surface area contributed by atoms with Gasteiger partial charge in [0, 0.05) is 19.4 Å². The van der Waals surface area contributed by atoms with Crippen molar-refractivity contribution in [2.75, 3.05) is 13.2 Å². The highest BCUT2D eigenvalue weighted by molar-refractivity contribution is 5.78. The Bertz CT molecular complexity index is 252. The van der Waals surface area contributed by atoms with Crippen LogP contribution in [0.5, 0.6) is 0 Å². The molecule has 0 heterocycles. The second kappa shape index (κ2) is 12.2. The van der Waals surface area contributed by atoms with Gasteiger partial charge in [-0.3, -0.25) is 9.59 Å². The molecule has 1 amide bonds. The third-order valence-corrected chi connectivity index (χ3v) is 2.90. The lowest BCUT2D eigenvalue weighted by Gasteiger charge is -2.08. The number of ether oxygens (including phenoxy) is 1. The maximum absolute atomic E-state index is 11.3. The molecule has 0 unspecified atom stereocenters. The number of Topliss-reactive ketones (excluding diaryl/α,β-unsaturated/α-hetero) is 1. The van der Waals surface area contributed by atoms with Gasteiger partial charge in [-0.05, 0) is 26.7 Å². The highest BCUT2D eigenvalue weighted by atomic mass is 16.5. The van der Waals surface area contributed by atoms with Crippen LogP contribution in [0, 0.1) is 0 Å². The summed E-state index contributed by atoms with van der Waals surface area (Å²) in [7, 11) is 0. The molecule has 0 aromatic rings. The zero-order chi connectivity index (χ0) is 14.5. The fourth-order valence-corrected chi connectivity index (χ4v) is 1.68. The Balaban J connectivity index is 3.22. The molecular formula is C15H29NO3. The minimum absolute atomic E-state index is 0.0396. The first kappa shape index (κ1) is 18.1. The highest BCUT2D eigenvalue weighted by Crippen LogP contribution is 2.06. The van der Waals surface area contributed by atoms with Crippen LogP contribution in [0.15, 0.2) is 0 Å². The van der Waals surface area contributed by atoms with E-state index in [0.717, 1.165) is 38.5 Å². The minimum Gasteiger partial charge on any atom is -0.369 e. The van der Waals surface area contributed by atoms with Crippen LogP contribution in [0.25, 0.3) is 0 Å². The number of nitrogens with one attached hydrogen (secondary N) is 1. The first-order valence-electron chi connectivity index (χ1n) is 7.46. The van der Waals surface area contributed by atoms with Gasteiger partial charge in [-0.2, -0.15) is 0 Å². The molecule has 1 N–H and O–H groups in total. The van der Waals surface area contributed by atoms with Gasteiger partial charge in [-0.1, -0.05) is 26.2 Å². The fraction of sp³-hybridized carbons (Fsp3) is 0.867. The summed E-state index contributed by atoms with van der Waals surface area (Å²) in [5, 5.41) is 2.84. The summed E-state index contributed by atoms with van der Waals surface area (Å²) in [5.41, 5.74) is 0. The van der Waals surface area contributed by atoms with E-state index in [1.54, 1.807) is 0 Å². The Hall–Kier alpha value is -0.900. The molecule has 19 heavy (non-hydrogen) atoms. The molecule has 112 valence electrons. The van der Waals surface area contributed by atoms with E-state index in [-0.39, 0.29) is 18.6 Å². The van der Waals surface area contributed by atoms with Gasteiger partial charge in [0.15, 0.2) is 0 Å². The summed E-state index contributed by atoms with van der Waals surface area (Å²) in [6, 6.07) is 0. The molecule has 0 aliphatic rings. The average molecular weight is 271 g/mol. The number of unbranched alkanes of at least 4 members (excludes halogenated alkanes) is 4. The SMILES string of the molecule is CCC(=O)CCCCCCCNC(=O)COC(C)C. The van der Waals surface area contributed by atoms with Crippen molar-refractivity contribution < 1.29 is 14.3 Å². The summed E-state index contributed by atoms with van der Waals surface area (Å²) in [6.45, 7) is 6.60. The molecule has 0 aliphatic heterocycles. The van der Waals surface area contributed by atoms with E-state index < -0.39 is 0 Å². The third kappa shape index (κ3) is 13.3. The number of carbonyl (C=O) groups is 2. The zero-order valence-electron chi connectivity index (χ0n) is 12.7. The summed E-state index contributed by atoms with van der Waals surface area (Å²) in [6.07, 6.45) is 6.81. The molecule has 0 saturated carbocycles. The molecule has 0 aliphatic carbocycles. The number of hydrogen-bond donors (Lipinski definition) is 1. The lowest BCUT2D eigenvalue weighted by Crippen LogP contribution is -2.29. The van der Waals surface area contributed by atoms with Crippen molar-refractivity contribution in [1.82, 2.24) is 5.32 Å². The molecule has 0 atom stereocenters. The van der Waals surface area contributed by atoms with Gasteiger partial charge in [0.25, 0.3) is 0 Å². The van der Waals surface area contributed by atoms with Gasteiger partial charge in [0.05, 0.1) is 6.10 Å².